The third-order valence-corrected chi connectivity index (χ3v) is 2.25. The molecule has 0 fully saturated rings. The summed E-state index contributed by atoms with van der Waals surface area (Å²) in [4.78, 5) is 6.40. The normalized spacial score (nSPS) is 11.5. The van der Waals surface area contributed by atoms with Crippen molar-refractivity contribution < 1.29 is 26.7 Å². The molecule has 0 atom stereocenters. The van der Waals surface area contributed by atoms with Crippen molar-refractivity contribution in [2.24, 2.45) is 0 Å². The predicted molar refractivity (Wildman–Crippen MR) is 58.5 cm³/mol. The number of ether oxygens (including phenoxy) is 1. The monoisotopic (exact) mass is 310 g/mol. The Morgan fingerprint density at radius 3 is 2.30 bits per heavy atom. The Balaban J connectivity index is 2.33. The van der Waals surface area contributed by atoms with Crippen LogP contribution in [0.2, 0.25) is 5.28 Å². The van der Waals surface area contributed by atoms with Crippen molar-refractivity contribution in [1.82, 2.24) is 9.97 Å². The molecule has 0 aliphatic heterocycles. The number of aromatic nitrogens is 2. The molecular weight excluding hydrogens is 307 g/mol. The second kappa shape index (κ2) is 5.20. The molecule has 0 aliphatic rings. The van der Waals surface area contributed by atoms with E-state index in [1.54, 1.807) is 0 Å². The lowest BCUT2D eigenvalue weighted by Gasteiger charge is -2.09. The molecule has 1 heterocycles. The van der Waals surface area contributed by atoms with E-state index >= 15 is 0 Å². The molecule has 1 aromatic carbocycles. The largest absolute Gasteiger partial charge is 0.439 e. The highest BCUT2D eigenvalue weighted by Crippen LogP contribution is 2.31. The van der Waals surface area contributed by atoms with E-state index in [2.05, 4.69) is 9.97 Å². The van der Waals surface area contributed by atoms with Gasteiger partial charge in [-0.25, -0.2) is 13.8 Å². The van der Waals surface area contributed by atoms with Gasteiger partial charge in [-0.2, -0.15) is 18.2 Å². The van der Waals surface area contributed by atoms with Gasteiger partial charge in [0.05, 0.1) is 0 Å². The molecule has 0 amide bonds. The minimum atomic E-state index is -4.74. The average molecular weight is 311 g/mol. The summed E-state index contributed by atoms with van der Waals surface area (Å²) in [5.41, 5.74) is -1.31. The van der Waals surface area contributed by atoms with Gasteiger partial charge in [-0.1, -0.05) is 0 Å². The molecule has 0 saturated heterocycles. The first-order chi connectivity index (χ1) is 9.25. The molecule has 2 aromatic rings. The maximum Gasteiger partial charge on any atom is 0.433 e. The molecule has 1 aromatic heterocycles. The maximum atomic E-state index is 12.9. The fourth-order valence-corrected chi connectivity index (χ4v) is 1.43. The second-order valence-corrected chi connectivity index (χ2v) is 3.87. The van der Waals surface area contributed by atoms with Crippen LogP contribution < -0.4 is 4.74 Å². The molecule has 3 nitrogen and oxygen atoms in total. The standard InChI is InChI=1S/C11H4ClF5N2O/c12-10-18-8(11(15,16)17)4-9(19-10)20-5-1-2-6(13)7(14)3-5/h1-4H. The number of hydrogen-bond donors (Lipinski definition) is 0. The first-order valence-corrected chi connectivity index (χ1v) is 5.38. The summed E-state index contributed by atoms with van der Waals surface area (Å²) in [6.07, 6.45) is -4.74. The number of benzene rings is 1. The van der Waals surface area contributed by atoms with E-state index in [0.717, 1.165) is 12.1 Å². The molecule has 0 N–H and O–H groups in total. The Morgan fingerprint density at radius 2 is 1.70 bits per heavy atom. The molecular formula is C11H4ClF5N2O. The summed E-state index contributed by atoms with van der Waals surface area (Å²) in [7, 11) is 0. The fraction of sp³-hybridized carbons (Fsp3) is 0.0909. The minimum absolute atomic E-state index is 0.230. The van der Waals surface area contributed by atoms with Crippen LogP contribution in [0.5, 0.6) is 11.6 Å². The molecule has 0 bridgehead atoms. The zero-order valence-corrected chi connectivity index (χ0v) is 10.1. The van der Waals surface area contributed by atoms with Gasteiger partial charge in [-0.15, -0.1) is 0 Å². The Bertz CT molecular complexity index is 647. The second-order valence-electron chi connectivity index (χ2n) is 3.54. The van der Waals surface area contributed by atoms with Crippen molar-refractivity contribution in [3.05, 3.63) is 46.9 Å². The average Bonchev–Trinajstić information content (AvgIpc) is 2.32. The quantitative estimate of drug-likeness (QED) is 0.615. The van der Waals surface area contributed by atoms with Gasteiger partial charge in [0.25, 0.3) is 0 Å². The number of alkyl halides is 3. The van der Waals surface area contributed by atoms with E-state index in [0.29, 0.717) is 12.1 Å². The highest BCUT2D eigenvalue weighted by Gasteiger charge is 2.34. The number of hydrogen-bond acceptors (Lipinski definition) is 3. The summed E-state index contributed by atoms with van der Waals surface area (Å²) in [6, 6.07) is 2.95. The summed E-state index contributed by atoms with van der Waals surface area (Å²) in [5, 5.41) is -0.683. The van der Waals surface area contributed by atoms with Crippen molar-refractivity contribution in [3.63, 3.8) is 0 Å². The van der Waals surface area contributed by atoms with Gasteiger partial charge in [0.1, 0.15) is 5.75 Å². The van der Waals surface area contributed by atoms with Crippen LogP contribution in [0.4, 0.5) is 22.0 Å². The third kappa shape index (κ3) is 3.32. The number of rotatable bonds is 2. The van der Waals surface area contributed by atoms with Gasteiger partial charge in [0, 0.05) is 12.1 Å². The molecule has 0 radical (unpaired) electrons. The first kappa shape index (κ1) is 14.4. The lowest BCUT2D eigenvalue weighted by molar-refractivity contribution is -0.141. The zero-order chi connectivity index (χ0) is 14.9. The lowest BCUT2D eigenvalue weighted by atomic mass is 10.3. The van der Waals surface area contributed by atoms with Gasteiger partial charge >= 0.3 is 6.18 Å². The van der Waals surface area contributed by atoms with Crippen molar-refractivity contribution in [2.75, 3.05) is 0 Å². The molecule has 0 aliphatic carbocycles. The van der Waals surface area contributed by atoms with Gasteiger partial charge in [-0.05, 0) is 23.7 Å². The molecule has 20 heavy (non-hydrogen) atoms. The van der Waals surface area contributed by atoms with Crippen molar-refractivity contribution >= 4 is 11.6 Å². The summed E-state index contributed by atoms with van der Waals surface area (Å²) >= 11 is 5.34. The number of nitrogens with zero attached hydrogens (tertiary/aromatic N) is 2. The zero-order valence-electron chi connectivity index (χ0n) is 9.38. The van der Waals surface area contributed by atoms with Gasteiger partial charge in [0.2, 0.25) is 11.2 Å². The topological polar surface area (TPSA) is 35.0 Å². The van der Waals surface area contributed by atoms with E-state index in [9.17, 15) is 22.0 Å². The molecule has 2 rings (SSSR count). The fourth-order valence-electron chi connectivity index (χ4n) is 1.26. The Kier molecular flexibility index (Phi) is 3.76. The molecule has 0 saturated carbocycles. The van der Waals surface area contributed by atoms with E-state index in [1.165, 1.54) is 0 Å². The van der Waals surface area contributed by atoms with Gasteiger partial charge < -0.3 is 4.74 Å². The Morgan fingerprint density at radius 1 is 1.00 bits per heavy atom. The predicted octanol–water partition coefficient (Wildman–Crippen LogP) is 4.22. The molecule has 0 unspecified atom stereocenters. The van der Waals surface area contributed by atoms with Crippen molar-refractivity contribution in [3.8, 4) is 11.6 Å². The highest BCUT2D eigenvalue weighted by atomic mass is 35.5. The van der Waals surface area contributed by atoms with Crippen LogP contribution >= 0.6 is 11.6 Å². The van der Waals surface area contributed by atoms with Crippen molar-refractivity contribution in [2.45, 2.75) is 6.18 Å². The van der Waals surface area contributed by atoms with Crippen LogP contribution in [0.1, 0.15) is 5.69 Å². The SMILES string of the molecule is Fc1ccc(Oc2cc(C(F)(F)F)nc(Cl)n2)cc1F. The summed E-state index contributed by atoms with van der Waals surface area (Å²) in [5.74, 6) is -3.09. The summed E-state index contributed by atoms with van der Waals surface area (Å²) < 4.78 is 68.0. The Labute approximate surface area is 114 Å². The van der Waals surface area contributed by atoms with Gasteiger partial charge in [0.15, 0.2) is 17.3 Å². The van der Waals surface area contributed by atoms with Crippen LogP contribution in [-0.2, 0) is 6.18 Å². The van der Waals surface area contributed by atoms with E-state index in [4.69, 9.17) is 16.3 Å². The van der Waals surface area contributed by atoms with E-state index in [-0.39, 0.29) is 5.75 Å². The summed E-state index contributed by atoms with van der Waals surface area (Å²) in [6.45, 7) is 0. The van der Waals surface area contributed by atoms with Crippen LogP contribution in [0.3, 0.4) is 0 Å². The number of halogens is 6. The molecule has 106 valence electrons. The van der Waals surface area contributed by atoms with Crippen LogP contribution in [0.15, 0.2) is 24.3 Å². The van der Waals surface area contributed by atoms with Crippen LogP contribution in [0, 0.1) is 11.6 Å². The molecule has 9 heteroatoms. The Hall–Kier alpha value is -1.96. The van der Waals surface area contributed by atoms with Crippen LogP contribution in [0.25, 0.3) is 0 Å². The lowest BCUT2D eigenvalue weighted by Crippen LogP contribution is -2.09. The third-order valence-electron chi connectivity index (χ3n) is 2.08. The van der Waals surface area contributed by atoms with Crippen molar-refractivity contribution in [1.29, 1.82) is 0 Å². The highest BCUT2D eigenvalue weighted by molar-refractivity contribution is 6.28. The minimum Gasteiger partial charge on any atom is -0.439 e. The van der Waals surface area contributed by atoms with Crippen LogP contribution in [-0.4, -0.2) is 9.97 Å². The first-order valence-electron chi connectivity index (χ1n) is 5.00. The smallest absolute Gasteiger partial charge is 0.433 e. The van der Waals surface area contributed by atoms with Gasteiger partial charge in [-0.3, -0.25) is 0 Å². The maximum absolute atomic E-state index is 12.9. The molecule has 0 spiro atoms. The van der Waals surface area contributed by atoms with E-state index < -0.39 is 34.7 Å². The van der Waals surface area contributed by atoms with E-state index in [1.807, 2.05) is 0 Å².